The molecule has 7 amide bonds. The third-order valence-electron chi connectivity index (χ3n) is 15.1. The number of hydrogen-bond donors (Lipinski definition) is 6. The van der Waals surface area contributed by atoms with E-state index in [0.717, 1.165) is 16.0 Å². The first kappa shape index (κ1) is 54.6. The van der Waals surface area contributed by atoms with Gasteiger partial charge in [-0.2, -0.15) is 0 Å². The van der Waals surface area contributed by atoms with Crippen molar-refractivity contribution in [3.05, 3.63) is 110 Å². The second-order valence-electron chi connectivity index (χ2n) is 20.1. The Balaban J connectivity index is 0.725. The third kappa shape index (κ3) is 11.4. The number of carbonyl (C=O) groups is 9. The SMILES string of the molecule is CC[C@@]1(O)C(=O)OCc2c1cc1n(c2=O)Cc2c-1nc1cc(F)c(C)c3c1c2[C@@H](NC(=O)[C@H]1C[C@H](OCNC(=O)CNC(=O)[C@H](Cc2ccccc2)NC(=O)COC(=O)CNC(=O)CCCCCN2C(=O)C=CC2=O)C1)CC3. The van der Waals surface area contributed by atoms with Gasteiger partial charge in [-0.1, -0.05) is 43.7 Å². The topological polar surface area (TPSA) is 300 Å². The first-order valence-corrected chi connectivity index (χ1v) is 26.0. The number of fused-ring (bicyclic) bond motifs is 5. The first-order valence-electron chi connectivity index (χ1n) is 26.0. The van der Waals surface area contributed by atoms with Crippen LogP contribution in [0.2, 0.25) is 0 Å². The number of imide groups is 1. The van der Waals surface area contributed by atoms with Crippen molar-refractivity contribution in [3.8, 4) is 11.4 Å². The molecule has 3 aliphatic heterocycles. The van der Waals surface area contributed by atoms with Crippen molar-refractivity contribution in [2.75, 3.05) is 33.0 Å². The van der Waals surface area contributed by atoms with Gasteiger partial charge in [0.2, 0.25) is 23.6 Å². The summed E-state index contributed by atoms with van der Waals surface area (Å²) in [4.78, 5) is 134. The number of carbonyl (C=O) groups excluding carboxylic acids is 9. The molecule has 1 saturated carbocycles. The molecule has 22 nitrogen and oxygen atoms in total. The Labute approximate surface area is 445 Å². The molecular formula is C55H59FN8O14. The molecule has 0 radical (unpaired) electrons. The molecule has 4 aromatic rings. The van der Waals surface area contributed by atoms with Crippen molar-refractivity contribution in [2.45, 2.75) is 115 Å². The Morgan fingerprint density at radius 2 is 1.67 bits per heavy atom. The summed E-state index contributed by atoms with van der Waals surface area (Å²) in [5.41, 5.74) is 2.31. The van der Waals surface area contributed by atoms with Gasteiger partial charge in [-0.3, -0.25) is 48.1 Å². The van der Waals surface area contributed by atoms with Gasteiger partial charge >= 0.3 is 11.9 Å². The summed E-state index contributed by atoms with van der Waals surface area (Å²) in [6.45, 7) is 1.42. The number of unbranched alkanes of at least 4 members (excludes halogenated alkanes) is 2. The molecule has 3 atom stereocenters. The Bertz CT molecular complexity index is 3210. The smallest absolute Gasteiger partial charge is 0.343 e. The van der Waals surface area contributed by atoms with Gasteiger partial charge in [0.05, 0.1) is 47.7 Å². The number of esters is 2. The van der Waals surface area contributed by atoms with Gasteiger partial charge in [0.15, 0.2) is 12.2 Å². The molecule has 6 N–H and O–H groups in total. The van der Waals surface area contributed by atoms with Crippen molar-refractivity contribution in [2.24, 2.45) is 5.92 Å². The van der Waals surface area contributed by atoms with Gasteiger partial charge in [0, 0.05) is 60.0 Å². The standard InChI is InChI=1S/C55H59FN8O14/c1-3-55(75)36-21-41-50-34(25-64(41)53(73)35(36)26-77-54(55)74)49-38(14-13-33-29(2)37(56)22-39(61-50)48(33)49)62-51(71)31-19-32(20-31)78-28-59-43(66)23-58-52(72)40(18-30-10-6-4-7-11-30)60-44(67)27-76-47(70)24-57-42(65)12-8-5-9-17-63-45(68)15-16-46(63)69/h4,6-7,10-11,15-16,21-22,31-32,38,40,75H,3,5,8-9,12-14,17-20,23-28H2,1-2H3,(H,57,65)(H,58,72)(H,59,66)(H,60,67)(H,62,71)/t31-,32-,38-,40-,55-/m0/s1. The predicted molar refractivity (Wildman–Crippen MR) is 272 cm³/mol. The molecule has 0 spiro atoms. The molecule has 78 heavy (non-hydrogen) atoms. The molecule has 5 aliphatic rings. The number of aliphatic hydroxyl groups is 1. The maximum absolute atomic E-state index is 15.4. The summed E-state index contributed by atoms with van der Waals surface area (Å²) >= 11 is 0. The largest absolute Gasteiger partial charge is 0.458 e. The number of benzene rings is 2. The van der Waals surface area contributed by atoms with E-state index in [1.807, 2.05) is 0 Å². The minimum absolute atomic E-state index is 0.0327. The fourth-order valence-corrected chi connectivity index (χ4v) is 10.6. The van der Waals surface area contributed by atoms with Crippen LogP contribution in [0.15, 0.2) is 59.4 Å². The summed E-state index contributed by atoms with van der Waals surface area (Å²) in [5, 5.41) is 25.3. The predicted octanol–water partition coefficient (Wildman–Crippen LogP) is 1.49. The lowest BCUT2D eigenvalue weighted by molar-refractivity contribution is -0.172. The first-order chi connectivity index (χ1) is 37.4. The van der Waals surface area contributed by atoms with Crippen LogP contribution in [0.1, 0.15) is 103 Å². The van der Waals surface area contributed by atoms with Crippen molar-refractivity contribution < 1.29 is 66.9 Å². The second kappa shape index (κ2) is 23.2. The zero-order valence-corrected chi connectivity index (χ0v) is 43.0. The van der Waals surface area contributed by atoms with E-state index < -0.39 is 90.2 Å². The van der Waals surface area contributed by atoms with Gasteiger partial charge in [0.1, 0.15) is 31.7 Å². The van der Waals surface area contributed by atoms with Crippen LogP contribution in [-0.4, -0.2) is 118 Å². The molecule has 0 unspecified atom stereocenters. The number of aromatic nitrogens is 2. The molecule has 410 valence electrons. The molecule has 5 heterocycles. The summed E-state index contributed by atoms with van der Waals surface area (Å²) in [6, 6.07) is 10.0. The summed E-state index contributed by atoms with van der Waals surface area (Å²) in [5.74, 6) is -6.11. The van der Waals surface area contributed by atoms with Crippen LogP contribution < -0.4 is 32.1 Å². The second-order valence-corrected chi connectivity index (χ2v) is 20.1. The zero-order chi connectivity index (χ0) is 55.4. The highest BCUT2D eigenvalue weighted by Crippen LogP contribution is 2.46. The highest BCUT2D eigenvalue weighted by atomic mass is 19.1. The summed E-state index contributed by atoms with van der Waals surface area (Å²) in [7, 11) is 0. The molecule has 23 heteroatoms. The number of nitrogens with one attached hydrogen (secondary N) is 5. The molecule has 2 aliphatic carbocycles. The number of rotatable bonds is 22. The van der Waals surface area contributed by atoms with Crippen molar-refractivity contribution in [1.82, 2.24) is 41.0 Å². The molecule has 2 aromatic heterocycles. The molecule has 1 fully saturated rings. The molecule has 0 saturated heterocycles. The van der Waals surface area contributed by atoms with E-state index in [1.54, 1.807) is 50.2 Å². The average Bonchev–Trinajstić information content (AvgIpc) is 4.16. The molecular weight excluding hydrogens is 1020 g/mol. The minimum Gasteiger partial charge on any atom is -0.458 e. The van der Waals surface area contributed by atoms with Crippen molar-refractivity contribution in [1.29, 1.82) is 0 Å². The average molecular weight is 1080 g/mol. The van der Waals surface area contributed by atoms with E-state index in [4.69, 9.17) is 19.2 Å². The fourth-order valence-electron chi connectivity index (χ4n) is 10.6. The number of ether oxygens (including phenoxy) is 3. The van der Waals surface area contributed by atoms with Crippen molar-refractivity contribution in [3.63, 3.8) is 0 Å². The normalized spacial score (nSPS) is 19.9. The van der Waals surface area contributed by atoms with Gasteiger partial charge in [-0.15, -0.1) is 0 Å². The van der Waals surface area contributed by atoms with E-state index in [0.29, 0.717) is 83.9 Å². The van der Waals surface area contributed by atoms with Crippen LogP contribution in [0.5, 0.6) is 0 Å². The highest BCUT2D eigenvalue weighted by molar-refractivity contribution is 6.12. The van der Waals surface area contributed by atoms with Crippen molar-refractivity contribution >= 4 is 64.2 Å². The molecule has 0 bridgehead atoms. The quantitative estimate of drug-likeness (QED) is 0.0248. The lowest BCUT2D eigenvalue weighted by Crippen LogP contribution is -2.51. The van der Waals surface area contributed by atoms with Crippen LogP contribution in [0.25, 0.3) is 22.3 Å². The monoisotopic (exact) mass is 1070 g/mol. The molecule has 2 aromatic carbocycles. The van der Waals surface area contributed by atoms with Gasteiger partial charge < -0.3 is 50.5 Å². The number of halogens is 1. The van der Waals surface area contributed by atoms with Crippen LogP contribution in [0.4, 0.5) is 4.39 Å². The van der Waals surface area contributed by atoms with E-state index >= 15 is 4.39 Å². The Morgan fingerprint density at radius 1 is 0.910 bits per heavy atom. The maximum Gasteiger partial charge on any atom is 0.343 e. The van der Waals surface area contributed by atoms with E-state index in [-0.39, 0.29) is 80.6 Å². The lowest BCUT2D eigenvalue weighted by Gasteiger charge is -2.36. The van der Waals surface area contributed by atoms with Gasteiger partial charge in [-0.25, -0.2) is 14.2 Å². The van der Waals surface area contributed by atoms with Crippen LogP contribution in [-0.2, 0) is 89.0 Å². The number of amides is 7. The Morgan fingerprint density at radius 3 is 2.41 bits per heavy atom. The zero-order valence-electron chi connectivity index (χ0n) is 43.0. The fraction of sp³-hybridized carbons (Fsp3) is 0.436. The Hall–Kier alpha value is -8.18. The summed E-state index contributed by atoms with van der Waals surface area (Å²) in [6.07, 6.45) is 5.26. The molecule has 9 rings (SSSR count). The van der Waals surface area contributed by atoms with Crippen LogP contribution >= 0.6 is 0 Å². The highest BCUT2D eigenvalue weighted by Gasteiger charge is 2.46. The van der Waals surface area contributed by atoms with E-state index in [2.05, 4.69) is 26.6 Å². The van der Waals surface area contributed by atoms with E-state index in [1.165, 1.54) is 22.8 Å². The number of aryl methyl sites for hydroxylation is 1. The summed E-state index contributed by atoms with van der Waals surface area (Å²) < 4.78 is 33.0. The van der Waals surface area contributed by atoms with E-state index in [9.17, 15) is 53.1 Å². The van der Waals surface area contributed by atoms with Crippen LogP contribution in [0, 0.1) is 18.7 Å². The lowest BCUT2D eigenvalue weighted by atomic mass is 9.79. The Kier molecular flexibility index (Phi) is 16.2. The maximum atomic E-state index is 15.4. The number of cyclic esters (lactones) is 1. The van der Waals surface area contributed by atoms with Gasteiger partial charge in [0.25, 0.3) is 23.3 Å². The minimum atomic E-state index is -2.03. The number of pyridine rings is 2. The third-order valence-corrected chi connectivity index (χ3v) is 15.1. The number of nitrogens with zero attached hydrogens (tertiary/aromatic N) is 3. The van der Waals surface area contributed by atoms with Gasteiger partial charge in [-0.05, 0) is 80.2 Å². The number of hydrogen-bond acceptors (Lipinski definition) is 15. The van der Waals surface area contributed by atoms with Crippen LogP contribution in [0.3, 0.4) is 0 Å².